The van der Waals surface area contributed by atoms with Gasteiger partial charge in [0, 0.05) is 13.2 Å². The first-order valence-corrected chi connectivity index (χ1v) is 5.49. The van der Waals surface area contributed by atoms with Crippen LogP contribution in [0.1, 0.15) is 42.6 Å². The molecular weight excluding hydrogens is 188 g/mol. The average Bonchev–Trinajstić information content (AvgIpc) is 2.53. The van der Waals surface area contributed by atoms with Gasteiger partial charge in [-0.3, -0.25) is 4.79 Å². The second-order valence-electron chi connectivity index (χ2n) is 4.08. The van der Waals surface area contributed by atoms with E-state index in [1.807, 2.05) is 11.6 Å². The summed E-state index contributed by atoms with van der Waals surface area (Å²) in [4.78, 5) is 16.1. The molecule has 3 nitrogen and oxygen atoms in total. The Morgan fingerprint density at radius 2 is 2.27 bits per heavy atom. The molecule has 0 saturated carbocycles. The number of nitrogens with zero attached hydrogens (tertiary/aromatic N) is 2. The van der Waals surface area contributed by atoms with Crippen LogP contribution in [-0.4, -0.2) is 15.3 Å². The van der Waals surface area contributed by atoms with Gasteiger partial charge in [-0.05, 0) is 31.3 Å². The van der Waals surface area contributed by atoms with Gasteiger partial charge in [-0.15, -0.1) is 0 Å². The highest BCUT2D eigenvalue weighted by molar-refractivity contribution is 6.07. The number of rotatable bonds is 2. The molecule has 0 aromatic carbocycles. The number of ketones is 1. The highest BCUT2D eigenvalue weighted by Gasteiger charge is 2.15. The van der Waals surface area contributed by atoms with E-state index in [0.29, 0.717) is 5.69 Å². The molecule has 1 aromatic heterocycles. The van der Waals surface area contributed by atoms with Gasteiger partial charge in [0.1, 0.15) is 5.69 Å². The highest BCUT2D eigenvalue weighted by Crippen LogP contribution is 2.20. The maximum atomic E-state index is 12.0. The van der Waals surface area contributed by atoms with Crippen molar-refractivity contribution >= 4 is 5.78 Å². The molecule has 0 saturated heterocycles. The van der Waals surface area contributed by atoms with Crippen molar-refractivity contribution < 1.29 is 4.79 Å². The quantitative estimate of drug-likeness (QED) is 0.694. The lowest BCUT2D eigenvalue weighted by atomic mass is 10.0. The number of hydrogen-bond donors (Lipinski definition) is 0. The molecule has 0 amide bonds. The van der Waals surface area contributed by atoms with Crippen LogP contribution in [0.5, 0.6) is 0 Å². The highest BCUT2D eigenvalue weighted by atomic mass is 16.1. The van der Waals surface area contributed by atoms with E-state index in [2.05, 4.69) is 11.1 Å². The van der Waals surface area contributed by atoms with Gasteiger partial charge in [-0.25, -0.2) is 4.98 Å². The second-order valence-corrected chi connectivity index (χ2v) is 4.08. The second kappa shape index (κ2) is 4.43. The van der Waals surface area contributed by atoms with Gasteiger partial charge in [0.05, 0.1) is 6.33 Å². The summed E-state index contributed by atoms with van der Waals surface area (Å²) in [6, 6.07) is 0. The molecule has 0 fully saturated rings. The maximum Gasteiger partial charge on any atom is 0.208 e. The van der Waals surface area contributed by atoms with Crippen LogP contribution >= 0.6 is 0 Å². The Hall–Kier alpha value is -1.38. The van der Waals surface area contributed by atoms with Gasteiger partial charge in [0.25, 0.3) is 0 Å². The summed E-state index contributed by atoms with van der Waals surface area (Å²) in [6.45, 7) is 0. The monoisotopic (exact) mass is 204 g/mol. The number of aromatic nitrogens is 2. The van der Waals surface area contributed by atoms with Gasteiger partial charge in [-0.2, -0.15) is 0 Å². The molecule has 3 heteroatoms. The van der Waals surface area contributed by atoms with E-state index in [-0.39, 0.29) is 5.78 Å². The Morgan fingerprint density at radius 1 is 1.40 bits per heavy atom. The van der Waals surface area contributed by atoms with E-state index in [0.717, 1.165) is 24.8 Å². The summed E-state index contributed by atoms with van der Waals surface area (Å²) in [7, 11) is 1.88. The van der Waals surface area contributed by atoms with E-state index < -0.39 is 0 Å². The number of Topliss-reactive ketones (excluding diaryl/α,β-unsaturated/α-hetero) is 1. The number of hydrogen-bond acceptors (Lipinski definition) is 2. The lowest BCUT2D eigenvalue weighted by Gasteiger charge is -2.00. The normalized spacial score (nSPS) is 17.0. The number of imidazole rings is 1. The molecule has 2 rings (SSSR count). The number of carbonyl (C=O) groups excluding carboxylic acids is 1. The fraction of sp³-hybridized carbons (Fsp3) is 0.500. The van der Waals surface area contributed by atoms with Gasteiger partial charge in [0.15, 0.2) is 0 Å². The molecule has 1 heterocycles. The molecule has 1 aromatic rings. The van der Waals surface area contributed by atoms with E-state index in [4.69, 9.17) is 0 Å². The van der Waals surface area contributed by atoms with Crippen LogP contribution in [0, 0.1) is 0 Å². The van der Waals surface area contributed by atoms with Crippen molar-refractivity contribution in [1.82, 2.24) is 9.55 Å². The SMILES string of the molecule is Cn1cnc(C(=O)C2=CCCCCC2)c1. The van der Waals surface area contributed by atoms with Gasteiger partial charge in [0.2, 0.25) is 5.78 Å². The third-order valence-electron chi connectivity index (χ3n) is 2.77. The Labute approximate surface area is 89.8 Å². The van der Waals surface area contributed by atoms with Crippen molar-refractivity contribution in [2.75, 3.05) is 0 Å². The number of carbonyl (C=O) groups is 1. The van der Waals surface area contributed by atoms with Crippen molar-refractivity contribution in [1.29, 1.82) is 0 Å². The lowest BCUT2D eigenvalue weighted by Crippen LogP contribution is -2.03. The summed E-state index contributed by atoms with van der Waals surface area (Å²) in [5, 5.41) is 0. The summed E-state index contributed by atoms with van der Waals surface area (Å²) in [5.41, 5.74) is 1.52. The van der Waals surface area contributed by atoms with Crippen LogP contribution < -0.4 is 0 Å². The Morgan fingerprint density at radius 3 is 3.00 bits per heavy atom. The third-order valence-corrected chi connectivity index (χ3v) is 2.77. The standard InChI is InChI=1S/C12H16N2O/c1-14-8-11(13-9-14)12(15)10-6-4-2-3-5-7-10/h6,8-9H,2-5,7H2,1H3. The molecule has 15 heavy (non-hydrogen) atoms. The minimum absolute atomic E-state index is 0.109. The molecule has 1 aliphatic carbocycles. The third kappa shape index (κ3) is 2.35. The van der Waals surface area contributed by atoms with Crippen LogP contribution in [0.2, 0.25) is 0 Å². The fourth-order valence-electron chi connectivity index (χ4n) is 1.92. The van der Waals surface area contributed by atoms with Crippen molar-refractivity contribution in [3.63, 3.8) is 0 Å². The smallest absolute Gasteiger partial charge is 0.208 e. The molecule has 0 aliphatic heterocycles. The Kier molecular flexibility index (Phi) is 2.99. The van der Waals surface area contributed by atoms with E-state index in [9.17, 15) is 4.79 Å². The predicted molar refractivity (Wildman–Crippen MR) is 58.7 cm³/mol. The van der Waals surface area contributed by atoms with Crippen molar-refractivity contribution in [3.8, 4) is 0 Å². The molecule has 80 valence electrons. The zero-order chi connectivity index (χ0) is 10.7. The summed E-state index contributed by atoms with van der Waals surface area (Å²) in [6.07, 6.45) is 11.1. The van der Waals surface area contributed by atoms with Gasteiger partial charge >= 0.3 is 0 Å². The van der Waals surface area contributed by atoms with E-state index in [1.54, 1.807) is 12.5 Å². The van der Waals surface area contributed by atoms with Gasteiger partial charge in [-0.1, -0.05) is 12.5 Å². The first kappa shape index (κ1) is 10.1. The van der Waals surface area contributed by atoms with Crippen LogP contribution in [-0.2, 0) is 7.05 Å². The number of aryl methyl sites for hydroxylation is 1. The molecule has 0 unspecified atom stereocenters. The first-order chi connectivity index (χ1) is 7.27. The minimum atomic E-state index is 0.109. The molecule has 0 spiro atoms. The summed E-state index contributed by atoms with van der Waals surface area (Å²) >= 11 is 0. The zero-order valence-corrected chi connectivity index (χ0v) is 9.07. The Bertz CT molecular complexity index is 390. The molecule has 0 bridgehead atoms. The largest absolute Gasteiger partial charge is 0.340 e. The van der Waals surface area contributed by atoms with Crippen molar-refractivity contribution in [3.05, 3.63) is 29.9 Å². The van der Waals surface area contributed by atoms with E-state index >= 15 is 0 Å². The zero-order valence-electron chi connectivity index (χ0n) is 9.07. The molecular formula is C12H16N2O. The topological polar surface area (TPSA) is 34.9 Å². The minimum Gasteiger partial charge on any atom is -0.340 e. The van der Waals surface area contributed by atoms with Crippen LogP contribution in [0.3, 0.4) is 0 Å². The predicted octanol–water partition coefficient (Wildman–Crippen LogP) is 2.49. The fourth-order valence-corrected chi connectivity index (χ4v) is 1.92. The Balaban J connectivity index is 2.16. The lowest BCUT2D eigenvalue weighted by molar-refractivity contribution is 0.102. The van der Waals surface area contributed by atoms with Crippen LogP contribution in [0.25, 0.3) is 0 Å². The summed E-state index contributed by atoms with van der Waals surface area (Å²) in [5.74, 6) is 0.109. The van der Waals surface area contributed by atoms with Crippen LogP contribution in [0.4, 0.5) is 0 Å². The van der Waals surface area contributed by atoms with E-state index in [1.165, 1.54) is 12.8 Å². The first-order valence-electron chi connectivity index (χ1n) is 5.49. The van der Waals surface area contributed by atoms with Crippen LogP contribution in [0.15, 0.2) is 24.2 Å². The molecule has 0 atom stereocenters. The van der Waals surface area contributed by atoms with Gasteiger partial charge < -0.3 is 4.57 Å². The average molecular weight is 204 g/mol. The summed E-state index contributed by atoms with van der Waals surface area (Å²) < 4.78 is 1.81. The molecule has 1 aliphatic rings. The molecule has 0 radical (unpaired) electrons. The number of allylic oxidation sites excluding steroid dienone is 2. The maximum absolute atomic E-state index is 12.0. The molecule has 0 N–H and O–H groups in total. The van der Waals surface area contributed by atoms with Crippen molar-refractivity contribution in [2.45, 2.75) is 32.1 Å². The van der Waals surface area contributed by atoms with Crippen molar-refractivity contribution in [2.24, 2.45) is 7.05 Å².